The molecule has 0 atom stereocenters. The third kappa shape index (κ3) is 4.69. The summed E-state index contributed by atoms with van der Waals surface area (Å²) in [6.07, 6.45) is 1.36. The van der Waals surface area contributed by atoms with Crippen LogP contribution in [0.4, 0.5) is 0 Å². The van der Waals surface area contributed by atoms with Gasteiger partial charge in [-0.15, -0.1) is 0 Å². The zero-order chi connectivity index (χ0) is 10.5. The van der Waals surface area contributed by atoms with Gasteiger partial charge in [0.15, 0.2) is 0 Å². The third-order valence-corrected chi connectivity index (χ3v) is 2.95. The van der Waals surface area contributed by atoms with Crippen LogP contribution in [-0.4, -0.2) is 43.1 Å². The molecule has 0 radical (unpaired) electrons. The first kappa shape index (κ1) is 12.2. The summed E-state index contributed by atoms with van der Waals surface area (Å²) in [5, 5.41) is 11.0. The zero-order valence-corrected chi connectivity index (χ0v) is 8.58. The molecule has 0 rings (SSSR count). The van der Waals surface area contributed by atoms with E-state index in [0.29, 0.717) is 6.54 Å². The van der Waals surface area contributed by atoms with E-state index in [1.807, 2.05) is 0 Å². The minimum Gasteiger partial charge on any atom is -0.409 e. The maximum atomic E-state index is 11.0. The largest absolute Gasteiger partial charge is 0.409 e. The highest BCUT2D eigenvalue weighted by Gasteiger charge is 2.13. The molecule has 7 heteroatoms. The Morgan fingerprint density at radius 1 is 1.62 bits per heavy atom. The first-order chi connectivity index (χ1) is 5.91. The molecule has 0 aliphatic carbocycles. The summed E-state index contributed by atoms with van der Waals surface area (Å²) in [4.78, 5) is 0. The Kier molecular flexibility index (Phi) is 4.71. The highest BCUT2D eigenvalue weighted by Crippen LogP contribution is 1.98. The molecular weight excluding hydrogens is 194 g/mol. The lowest BCUT2D eigenvalue weighted by atomic mass is 10.4. The van der Waals surface area contributed by atoms with E-state index in [4.69, 9.17) is 10.9 Å². The molecule has 78 valence electrons. The van der Waals surface area contributed by atoms with Gasteiger partial charge in [-0.2, -0.15) is 0 Å². The molecule has 6 nitrogen and oxygen atoms in total. The molecule has 0 heterocycles. The molecule has 0 amide bonds. The van der Waals surface area contributed by atoms with Gasteiger partial charge in [0.05, 0.1) is 6.26 Å². The van der Waals surface area contributed by atoms with Gasteiger partial charge in [0.25, 0.3) is 0 Å². The monoisotopic (exact) mass is 209 g/mol. The molecule has 13 heavy (non-hydrogen) atoms. The highest BCUT2D eigenvalue weighted by molar-refractivity contribution is 7.88. The van der Waals surface area contributed by atoms with Crippen molar-refractivity contribution >= 4 is 15.9 Å². The Bertz CT molecular complexity index is 273. The van der Waals surface area contributed by atoms with Crippen molar-refractivity contribution < 1.29 is 13.6 Å². The second-order valence-electron chi connectivity index (χ2n) is 2.60. The van der Waals surface area contributed by atoms with E-state index in [2.05, 4.69) is 5.16 Å². The van der Waals surface area contributed by atoms with Crippen LogP contribution in [0.2, 0.25) is 0 Å². The SMILES string of the molecule is CCN(CCC(N)=NO)S(C)(=O)=O. The lowest BCUT2D eigenvalue weighted by Crippen LogP contribution is -2.33. The van der Waals surface area contributed by atoms with Crippen LogP contribution < -0.4 is 5.73 Å². The molecule has 3 N–H and O–H groups in total. The van der Waals surface area contributed by atoms with Crippen LogP contribution in [0, 0.1) is 0 Å². The molecule has 0 fully saturated rings. The van der Waals surface area contributed by atoms with Crippen LogP contribution in [0.3, 0.4) is 0 Å². The Morgan fingerprint density at radius 3 is 2.46 bits per heavy atom. The first-order valence-electron chi connectivity index (χ1n) is 3.83. The maximum Gasteiger partial charge on any atom is 0.211 e. The van der Waals surface area contributed by atoms with Crippen LogP contribution in [0.1, 0.15) is 13.3 Å². The number of amidine groups is 1. The molecule has 0 aromatic heterocycles. The minimum atomic E-state index is -3.18. The highest BCUT2D eigenvalue weighted by atomic mass is 32.2. The minimum absolute atomic E-state index is 0.0297. The van der Waals surface area contributed by atoms with E-state index in [-0.39, 0.29) is 18.8 Å². The van der Waals surface area contributed by atoms with Gasteiger partial charge in [0.1, 0.15) is 5.84 Å². The van der Waals surface area contributed by atoms with Gasteiger partial charge < -0.3 is 10.9 Å². The standard InChI is InChI=1S/C6H15N3O3S/c1-3-9(13(2,11)12)5-4-6(7)8-10/h10H,3-5H2,1-2H3,(H2,7,8). The van der Waals surface area contributed by atoms with E-state index < -0.39 is 10.0 Å². The summed E-state index contributed by atoms with van der Waals surface area (Å²) in [5.41, 5.74) is 5.20. The lowest BCUT2D eigenvalue weighted by Gasteiger charge is -2.16. The van der Waals surface area contributed by atoms with Gasteiger partial charge in [-0.3, -0.25) is 0 Å². The van der Waals surface area contributed by atoms with Crippen molar-refractivity contribution in [3.05, 3.63) is 0 Å². The Labute approximate surface area is 78.1 Å². The van der Waals surface area contributed by atoms with Crippen molar-refractivity contribution in [2.24, 2.45) is 10.9 Å². The molecule has 0 aromatic rings. The van der Waals surface area contributed by atoms with E-state index in [0.717, 1.165) is 6.26 Å². The molecule has 0 aliphatic rings. The van der Waals surface area contributed by atoms with Crippen molar-refractivity contribution in [3.63, 3.8) is 0 Å². The summed E-state index contributed by atoms with van der Waals surface area (Å²) < 4.78 is 23.3. The average molecular weight is 209 g/mol. The van der Waals surface area contributed by atoms with E-state index >= 15 is 0 Å². The lowest BCUT2D eigenvalue weighted by molar-refractivity contribution is 0.315. The summed E-state index contributed by atoms with van der Waals surface area (Å²) in [6, 6.07) is 0. The van der Waals surface area contributed by atoms with E-state index in [1.54, 1.807) is 6.92 Å². The van der Waals surface area contributed by atoms with Crippen LogP contribution in [-0.2, 0) is 10.0 Å². The normalized spacial score (nSPS) is 13.6. The van der Waals surface area contributed by atoms with E-state index in [9.17, 15) is 8.42 Å². The zero-order valence-electron chi connectivity index (χ0n) is 7.77. The summed E-state index contributed by atoms with van der Waals surface area (Å²) >= 11 is 0. The first-order valence-corrected chi connectivity index (χ1v) is 5.68. The fourth-order valence-corrected chi connectivity index (χ4v) is 1.74. The topological polar surface area (TPSA) is 96.0 Å². The predicted molar refractivity (Wildman–Crippen MR) is 50.1 cm³/mol. The molecule has 0 saturated heterocycles. The van der Waals surface area contributed by atoms with Crippen LogP contribution >= 0.6 is 0 Å². The average Bonchev–Trinajstić information content (AvgIpc) is 2.02. The maximum absolute atomic E-state index is 11.0. The molecule has 0 spiro atoms. The van der Waals surface area contributed by atoms with Crippen molar-refractivity contribution in [2.75, 3.05) is 19.3 Å². The summed E-state index contributed by atoms with van der Waals surface area (Å²) in [7, 11) is -3.18. The van der Waals surface area contributed by atoms with Gasteiger partial charge in [-0.1, -0.05) is 12.1 Å². The Morgan fingerprint density at radius 2 is 2.15 bits per heavy atom. The van der Waals surface area contributed by atoms with Gasteiger partial charge in [-0.25, -0.2) is 12.7 Å². The molecular formula is C6H15N3O3S. The number of oxime groups is 1. The molecule has 0 unspecified atom stereocenters. The van der Waals surface area contributed by atoms with E-state index in [1.165, 1.54) is 4.31 Å². The molecule has 0 aliphatic heterocycles. The smallest absolute Gasteiger partial charge is 0.211 e. The number of nitrogens with zero attached hydrogens (tertiary/aromatic N) is 2. The predicted octanol–water partition coefficient (Wildman–Crippen LogP) is -0.596. The van der Waals surface area contributed by atoms with Gasteiger partial charge in [0, 0.05) is 19.5 Å². The van der Waals surface area contributed by atoms with Crippen molar-refractivity contribution in [1.29, 1.82) is 0 Å². The van der Waals surface area contributed by atoms with Gasteiger partial charge in [0.2, 0.25) is 10.0 Å². The molecule has 0 saturated carbocycles. The van der Waals surface area contributed by atoms with Crippen LogP contribution in [0.25, 0.3) is 0 Å². The summed E-state index contributed by atoms with van der Waals surface area (Å²) in [5.74, 6) is 0.0297. The quantitative estimate of drug-likeness (QED) is 0.273. The Hall–Kier alpha value is -0.820. The number of hydrogen-bond acceptors (Lipinski definition) is 4. The molecule has 0 aromatic carbocycles. The molecule has 0 bridgehead atoms. The number of rotatable bonds is 5. The second kappa shape index (κ2) is 5.03. The summed E-state index contributed by atoms with van der Waals surface area (Å²) in [6.45, 7) is 2.36. The van der Waals surface area contributed by atoms with Crippen LogP contribution in [0.5, 0.6) is 0 Å². The van der Waals surface area contributed by atoms with Crippen molar-refractivity contribution in [1.82, 2.24) is 4.31 Å². The third-order valence-electron chi connectivity index (χ3n) is 1.57. The number of hydrogen-bond donors (Lipinski definition) is 2. The second-order valence-corrected chi connectivity index (χ2v) is 4.58. The van der Waals surface area contributed by atoms with Crippen LogP contribution in [0.15, 0.2) is 5.16 Å². The van der Waals surface area contributed by atoms with Crippen molar-refractivity contribution in [3.8, 4) is 0 Å². The fourth-order valence-electron chi connectivity index (χ4n) is 0.848. The number of sulfonamides is 1. The van der Waals surface area contributed by atoms with Gasteiger partial charge >= 0.3 is 0 Å². The van der Waals surface area contributed by atoms with Gasteiger partial charge in [-0.05, 0) is 0 Å². The fraction of sp³-hybridized carbons (Fsp3) is 0.833. The van der Waals surface area contributed by atoms with Crippen molar-refractivity contribution in [2.45, 2.75) is 13.3 Å². The number of nitrogens with two attached hydrogens (primary N) is 1. The Balaban J connectivity index is 4.17.